The van der Waals surface area contributed by atoms with Gasteiger partial charge in [0.15, 0.2) is 19.0 Å². The van der Waals surface area contributed by atoms with Crippen molar-refractivity contribution in [1.82, 2.24) is 0 Å². The van der Waals surface area contributed by atoms with E-state index in [4.69, 9.17) is 9.47 Å². The van der Waals surface area contributed by atoms with E-state index in [1.165, 1.54) is 13.0 Å². The van der Waals surface area contributed by atoms with Crippen molar-refractivity contribution in [3.8, 4) is 5.75 Å². The molecule has 2 aromatic carbocycles. The van der Waals surface area contributed by atoms with Gasteiger partial charge in [-0.3, -0.25) is 9.59 Å². The standard InChI is InChI=1S/C18H16BrNO5/c1-12(21)13-3-2-4-16(9-13)24-11-18(23)25-10-17(22)20-15-7-5-14(19)6-8-15/h2-9H,10-11H2,1H3,(H,20,22). The van der Waals surface area contributed by atoms with Crippen LogP contribution in [0.4, 0.5) is 5.69 Å². The monoisotopic (exact) mass is 405 g/mol. The first-order valence-corrected chi connectivity index (χ1v) is 8.18. The molecular formula is C18H16BrNO5. The van der Waals surface area contributed by atoms with Crippen LogP contribution in [-0.4, -0.2) is 30.9 Å². The molecule has 7 heteroatoms. The van der Waals surface area contributed by atoms with E-state index in [0.717, 1.165) is 4.47 Å². The van der Waals surface area contributed by atoms with Gasteiger partial charge in [-0.1, -0.05) is 28.1 Å². The van der Waals surface area contributed by atoms with E-state index in [2.05, 4.69) is 21.2 Å². The van der Waals surface area contributed by atoms with Gasteiger partial charge < -0.3 is 14.8 Å². The highest BCUT2D eigenvalue weighted by molar-refractivity contribution is 9.10. The Kier molecular flexibility index (Phi) is 6.71. The minimum absolute atomic E-state index is 0.0994. The van der Waals surface area contributed by atoms with E-state index in [1.54, 1.807) is 42.5 Å². The molecule has 1 amide bonds. The zero-order chi connectivity index (χ0) is 18.2. The molecule has 0 aliphatic carbocycles. The van der Waals surface area contributed by atoms with Crippen molar-refractivity contribution in [3.63, 3.8) is 0 Å². The van der Waals surface area contributed by atoms with Gasteiger partial charge in [-0.05, 0) is 43.3 Å². The number of esters is 1. The van der Waals surface area contributed by atoms with Crippen molar-refractivity contribution < 1.29 is 23.9 Å². The lowest BCUT2D eigenvalue weighted by molar-refractivity contribution is -0.149. The van der Waals surface area contributed by atoms with Gasteiger partial charge in [0.05, 0.1) is 0 Å². The number of ether oxygens (including phenoxy) is 2. The first-order chi connectivity index (χ1) is 11.9. The van der Waals surface area contributed by atoms with E-state index in [1.807, 2.05) is 0 Å². The third-order valence-electron chi connectivity index (χ3n) is 3.09. The van der Waals surface area contributed by atoms with Gasteiger partial charge >= 0.3 is 5.97 Å². The first-order valence-electron chi connectivity index (χ1n) is 7.39. The zero-order valence-corrected chi connectivity index (χ0v) is 15.0. The fourth-order valence-corrected chi connectivity index (χ4v) is 2.13. The van der Waals surface area contributed by atoms with Crippen LogP contribution in [0.1, 0.15) is 17.3 Å². The average Bonchev–Trinajstić information content (AvgIpc) is 2.60. The van der Waals surface area contributed by atoms with Gasteiger partial charge in [0, 0.05) is 15.7 Å². The number of Topliss-reactive ketones (excluding diaryl/α,β-unsaturated/α-hetero) is 1. The maximum absolute atomic E-state index is 11.7. The molecule has 0 saturated heterocycles. The molecule has 1 N–H and O–H groups in total. The fraction of sp³-hybridized carbons (Fsp3) is 0.167. The number of carbonyl (C=O) groups is 3. The summed E-state index contributed by atoms with van der Waals surface area (Å²) in [5, 5.41) is 2.60. The molecule has 130 valence electrons. The molecule has 2 rings (SSSR count). The summed E-state index contributed by atoms with van der Waals surface area (Å²) in [6.07, 6.45) is 0. The van der Waals surface area contributed by atoms with Crippen molar-refractivity contribution in [2.75, 3.05) is 18.5 Å². The van der Waals surface area contributed by atoms with E-state index in [0.29, 0.717) is 17.0 Å². The molecule has 0 aliphatic rings. The van der Waals surface area contributed by atoms with E-state index < -0.39 is 18.5 Å². The maximum atomic E-state index is 11.7. The summed E-state index contributed by atoms with van der Waals surface area (Å²) in [4.78, 5) is 34.6. The summed E-state index contributed by atoms with van der Waals surface area (Å²) >= 11 is 3.30. The van der Waals surface area contributed by atoms with Gasteiger partial charge in [-0.2, -0.15) is 0 Å². The summed E-state index contributed by atoms with van der Waals surface area (Å²) in [6, 6.07) is 13.5. The predicted molar refractivity (Wildman–Crippen MR) is 95.7 cm³/mol. The summed E-state index contributed by atoms with van der Waals surface area (Å²) in [5.74, 6) is -0.852. The van der Waals surface area contributed by atoms with Crippen molar-refractivity contribution in [3.05, 3.63) is 58.6 Å². The van der Waals surface area contributed by atoms with Crippen LogP contribution in [0.25, 0.3) is 0 Å². The second kappa shape index (κ2) is 8.98. The molecule has 0 fully saturated rings. The van der Waals surface area contributed by atoms with Crippen LogP contribution < -0.4 is 10.1 Å². The normalized spacial score (nSPS) is 10.0. The molecule has 0 spiro atoms. The van der Waals surface area contributed by atoms with E-state index in [9.17, 15) is 14.4 Å². The van der Waals surface area contributed by atoms with E-state index in [-0.39, 0.29) is 12.4 Å². The lowest BCUT2D eigenvalue weighted by atomic mass is 10.1. The number of ketones is 1. The van der Waals surface area contributed by atoms with Gasteiger partial charge in [0.1, 0.15) is 5.75 Å². The second-order valence-electron chi connectivity index (χ2n) is 5.09. The second-order valence-corrected chi connectivity index (χ2v) is 6.00. The van der Waals surface area contributed by atoms with Gasteiger partial charge in [-0.25, -0.2) is 4.79 Å². The Balaban J connectivity index is 1.75. The smallest absolute Gasteiger partial charge is 0.344 e. The number of nitrogens with one attached hydrogen (secondary N) is 1. The number of anilines is 1. The summed E-state index contributed by atoms with van der Waals surface area (Å²) < 4.78 is 11.0. The highest BCUT2D eigenvalue weighted by Crippen LogP contribution is 2.14. The number of halogens is 1. The van der Waals surface area contributed by atoms with Crippen molar-refractivity contribution in [2.24, 2.45) is 0 Å². The van der Waals surface area contributed by atoms with Crippen LogP contribution in [0.15, 0.2) is 53.0 Å². The Bertz CT molecular complexity index is 773. The van der Waals surface area contributed by atoms with Crippen LogP contribution >= 0.6 is 15.9 Å². The molecular weight excluding hydrogens is 390 g/mol. The van der Waals surface area contributed by atoms with Crippen molar-refractivity contribution >= 4 is 39.3 Å². The molecule has 6 nitrogen and oxygen atoms in total. The lowest BCUT2D eigenvalue weighted by Gasteiger charge is -2.08. The highest BCUT2D eigenvalue weighted by Gasteiger charge is 2.09. The third kappa shape index (κ3) is 6.39. The number of rotatable bonds is 7. The van der Waals surface area contributed by atoms with Crippen LogP contribution in [-0.2, 0) is 14.3 Å². The number of benzene rings is 2. The van der Waals surface area contributed by atoms with Gasteiger partial charge in [0.25, 0.3) is 5.91 Å². The van der Waals surface area contributed by atoms with Crippen LogP contribution in [0.5, 0.6) is 5.75 Å². The molecule has 2 aromatic rings. The molecule has 0 unspecified atom stereocenters. The molecule has 0 saturated carbocycles. The Morgan fingerprint density at radius 1 is 1.04 bits per heavy atom. The van der Waals surface area contributed by atoms with E-state index >= 15 is 0 Å². The number of amides is 1. The Morgan fingerprint density at radius 2 is 1.76 bits per heavy atom. The minimum Gasteiger partial charge on any atom is -0.482 e. The third-order valence-corrected chi connectivity index (χ3v) is 3.62. The Labute approximate surface area is 153 Å². The summed E-state index contributed by atoms with van der Waals surface area (Å²) in [6.45, 7) is 0.677. The lowest BCUT2D eigenvalue weighted by Crippen LogP contribution is -2.23. The summed E-state index contributed by atoms with van der Waals surface area (Å²) in [5.41, 5.74) is 1.08. The summed E-state index contributed by atoms with van der Waals surface area (Å²) in [7, 11) is 0. The topological polar surface area (TPSA) is 81.7 Å². The molecule has 0 aromatic heterocycles. The maximum Gasteiger partial charge on any atom is 0.344 e. The van der Waals surface area contributed by atoms with Crippen LogP contribution in [0, 0.1) is 0 Å². The number of hydrogen-bond donors (Lipinski definition) is 1. The largest absolute Gasteiger partial charge is 0.482 e. The number of carbonyl (C=O) groups excluding carboxylic acids is 3. The molecule has 0 atom stereocenters. The predicted octanol–water partition coefficient (Wildman–Crippen LogP) is 3.21. The fourth-order valence-electron chi connectivity index (χ4n) is 1.87. The SMILES string of the molecule is CC(=O)c1cccc(OCC(=O)OCC(=O)Nc2ccc(Br)cc2)c1. The number of hydrogen-bond acceptors (Lipinski definition) is 5. The first kappa shape index (κ1) is 18.7. The van der Waals surface area contributed by atoms with Gasteiger partial charge in [0.2, 0.25) is 0 Å². The Hall–Kier alpha value is -2.67. The molecule has 25 heavy (non-hydrogen) atoms. The molecule has 0 heterocycles. The molecule has 0 radical (unpaired) electrons. The highest BCUT2D eigenvalue weighted by atomic mass is 79.9. The van der Waals surface area contributed by atoms with Gasteiger partial charge in [-0.15, -0.1) is 0 Å². The zero-order valence-electron chi connectivity index (χ0n) is 13.5. The average molecular weight is 406 g/mol. The quantitative estimate of drug-likeness (QED) is 0.564. The van der Waals surface area contributed by atoms with Crippen molar-refractivity contribution in [1.29, 1.82) is 0 Å². The minimum atomic E-state index is -0.681. The van der Waals surface area contributed by atoms with Crippen molar-refractivity contribution in [2.45, 2.75) is 6.92 Å². The van der Waals surface area contributed by atoms with Crippen LogP contribution in [0.2, 0.25) is 0 Å². The Morgan fingerprint density at radius 3 is 2.44 bits per heavy atom. The molecule has 0 bridgehead atoms. The van der Waals surface area contributed by atoms with Crippen LogP contribution in [0.3, 0.4) is 0 Å². The molecule has 0 aliphatic heterocycles.